The van der Waals surface area contributed by atoms with Crippen LogP contribution in [0.3, 0.4) is 0 Å². The van der Waals surface area contributed by atoms with Gasteiger partial charge in [0.05, 0.1) is 11.4 Å². The van der Waals surface area contributed by atoms with E-state index in [4.69, 9.17) is 0 Å². The minimum absolute atomic E-state index is 0.238. The van der Waals surface area contributed by atoms with E-state index in [1.807, 2.05) is 43.5 Å². The van der Waals surface area contributed by atoms with E-state index in [0.717, 1.165) is 22.5 Å². The van der Waals surface area contributed by atoms with Crippen molar-refractivity contribution in [3.05, 3.63) is 60.3 Å². The lowest BCUT2D eigenvalue weighted by Gasteiger charge is -2.04. The van der Waals surface area contributed by atoms with Gasteiger partial charge in [0.15, 0.2) is 0 Å². The Kier molecular flexibility index (Phi) is 2.91. The molecule has 0 unspecified atom stereocenters. The molecule has 2 N–H and O–H groups in total. The van der Waals surface area contributed by atoms with Gasteiger partial charge >= 0.3 is 0 Å². The maximum atomic E-state index is 9.55. The SMILES string of the molecule is Cc1cc(-n2ccc(-c3ccc(O)cc3)n2)ccc1O. The monoisotopic (exact) mass is 266 g/mol. The highest BCUT2D eigenvalue weighted by atomic mass is 16.3. The maximum absolute atomic E-state index is 9.55. The zero-order chi connectivity index (χ0) is 14.1. The van der Waals surface area contributed by atoms with Crippen LogP contribution in [0.2, 0.25) is 0 Å². The van der Waals surface area contributed by atoms with Crippen LogP contribution in [-0.2, 0) is 0 Å². The number of rotatable bonds is 2. The van der Waals surface area contributed by atoms with Crippen LogP contribution in [0.15, 0.2) is 54.7 Å². The number of phenolic OH excluding ortho intramolecular Hbond substituents is 2. The quantitative estimate of drug-likeness (QED) is 0.748. The van der Waals surface area contributed by atoms with Gasteiger partial charge in [-0.1, -0.05) is 0 Å². The van der Waals surface area contributed by atoms with Crippen molar-refractivity contribution in [3.8, 4) is 28.4 Å². The number of hydrogen-bond donors (Lipinski definition) is 2. The molecule has 0 saturated carbocycles. The summed E-state index contributed by atoms with van der Waals surface area (Å²) in [5.41, 5.74) is 3.47. The molecule has 0 aliphatic heterocycles. The minimum atomic E-state index is 0.238. The molecule has 0 amide bonds. The number of benzene rings is 2. The summed E-state index contributed by atoms with van der Waals surface area (Å²) >= 11 is 0. The van der Waals surface area contributed by atoms with Crippen LogP contribution in [0.25, 0.3) is 16.9 Å². The van der Waals surface area contributed by atoms with Gasteiger partial charge in [-0.2, -0.15) is 5.10 Å². The Labute approximate surface area is 116 Å². The molecule has 0 atom stereocenters. The molecule has 4 nitrogen and oxygen atoms in total. The molecule has 0 aliphatic carbocycles. The van der Waals surface area contributed by atoms with Gasteiger partial charge < -0.3 is 10.2 Å². The minimum Gasteiger partial charge on any atom is -0.508 e. The summed E-state index contributed by atoms with van der Waals surface area (Å²) in [5, 5.41) is 23.3. The molecule has 1 heterocycles. The summed E-state index contributed by atoms with van der Waals surface area (Å²) in [6, 6.07) is 14.2. The molecule has 0 spiro atoms. The summed E-state index contributed by atoms with van der Waals surface area (Å²) in [6.45, 7) is 1.85. The summed E-state index contributed by atoms with van der Waals surface area (Å²) in [6.07, 6.45) is 1.87. The average molecular weight is 266 g/mol. The molecule has 0 radical (unpaired) electrons. The van der Waals surface area contributed by atoms with Crippen molar-refractivity contribution in [1.82, 2.24) is 9.78 Å². The van der Waals surface area contributed by atoms with E-state index in [0.29, 0.717) is 0 Å². The van der Waals surface area contributed by atoms with Crippen LogP contribution in [0.5, 0.6) is 11.5 Å². The number of hydrogen-bond acceptors (Lipinski definition) is 3. The van der Waals surface area contributed by atoms with Crippen molar-refractivity contribution in [2.45, 2.75) is 6.92 Å². The average Bonchev–Trinajstić information content (AvgIpc) is 2.92. The van der Waals surface area contributed by atoms with E-state index in [9.17, 15) is 10.2 Å². The molecule has 3 aromatic rings. The lowest BCUT2D eigenvalue weighted by molar-refractivity contribution is 0.471. The Hall–Kier alpha value is -2.75. The molecule has 1 aromatic heterocycles. The van der Waals surface area contributed by atoms with E-state index >= 15 is 0 Å². The van der Waals surface area contributed by atoms with E-state index < -0.39 is 0 Å². The molecule has 0 bridgehead atoms. The number of aryl methyl sites for hydroxylation is 1. The molecular formula is C16H14N2O2. The molecule has 2 aromatic carbocycles. The van der Waals surface area contributed by atoms with Gasteiger partial charge in [-0.15, -0.1) is 0 Å². The predicted octanol–water partition coefficient (Wildman–Crippen LogP) is 3.26. The molecule has 20 heavy (non-hydrogen) atoms. The molecule has 3 rings (SSSR count). The second-order valence-corrected chi connectivity index (χ2v) is 4.66. The van der Waals surface area contributed by atoms with Gasteiger partial charge in [0, 0.05) is 11.8 Å². The maximum Gasteiger partial charge on any atom is 0.118 e. The number of aromatic nitrogens is 2. The van der Waals surface area contributed by atoms with Crippen molar-refractivity contribution in [1.29, 1.82) is 0 Å². The predicted molar refractivity (Wildman–Crippen MR) is 77.1 cm³/mol. The summed E-state index contributed by atoms with van der Waals surface area (Å²) in [5.74, 6) is 0.516. The highest BCUT2D eigenvalue weighted by molar-refractivity contribution is 5.60. The van der Waals surface area contributed by atoms with Crippen molar-refractivity contribution in [3.63, 3.8) is 0 Å². The van der Waals surface area contributed by atoms with Crippen LogP contribution in [-0.4, -0.2) is 20.0 Å². The van der Waals surface area contributed by atoms with E-state index in [2.05, 4.69) is 5.10 Å². The summed E-state index contributed by atoms with van der Waals surface area (Å²) in [4.78, 5) is 0. The Morgan fingerprint density at radius 2 is 1.70 bits per heavy atom. The fourth-order valence-corrected chi connectivity index (χ4v) is 2.04. The first kappa shape index (κ1) is 12.3. The third-order valence-corrected chi connectivity index (χ3v) is 3.20. The Bertz CT molecular complexity index is 745. The van der Waals surface area contributed by atoms with E-state index in [-0.39, 0.29) is 11.5 Å². The topological polar surface area (TPSA) is 58.3 Å². The fraction of sp³-hybridized carbons (Fsp3) is 0.0625. The van der Waals surface area contributed by atoms with Crippen molar-refractivity contribution >= 4 is 0 Å². The van der Waals surface area contributed by atoms with E-state index in [1.165, 1.54) is 0 Å². The first-order valence-electron chi connectivity index (χ1n) is 6.28. The third kappa shape index (κ3) is 2.23. The largest absolute Gasteiger partial charge is 0.508 e. The highest BCUT2D eigenvalue weighted by Gasteiger charge is 2.05. The number of nitrogens with zero attached hydrogens (tertiary/aromatic N) is 2. The normalized spacial score (nSPS) is 10.7. The Morgan fingerprint density at radius 1 is 0.950 bits per heavy atom. The van der Waals surface area contributed by atoms with Crippen LogP contribution >= 0.6 is 0 Å². The van der Waals surface area contributed by atoms with Gasteiger partial charge in [0.2, 0.25) is 0 Å². The second-order valence-electron chi connectivity index (χ2n) is 4.66. The molecule has 4 heteroatoms. The molecule has 100 valence electrons. The van der Waals surface area contributed by atoms with Crippen molar-refractivity contribution in [2.24, 2.45) is 0 Å². The van der Waals surface area contributed by atoms with Gasteiger partial charge in [0.1, 0.15) is 11.5 Å². The first-order chi connectivity index (χ1) is 9.63. The summed E-state index contributed by atoms with van der Waals surface area (Å²) < 4.78 is 1.76. The fourth-order valence-electron chi connectivity index (χ4n) is 2.04. The molecule has 0 aliphatic rings. The zero-order valence-electron chi connectivity index (χ0n) is 11.0. The van der Waals surface area contributed by atoms with Crippen LogP contribution in [0, 0.1) is 6.92 Å². The molecule has 0 saturated heterocycles. The van der Waals surface area contributed by atoms with Crippen LogP contribution < -0.4 is 0 Å². The van der Waals surface area contributed by atoms with Crippen LogP contribution in [0.4, 0.5) is 0 Å². The van der Waals surface area contributed by atoms with Crippen LogP contribution in [0.1, 0.15) is 5.56 Å². The highest BCUT2D eigenvalue weighted by Crippen LogP contribution is 2.23. The molecule has 0 fully saturated rings. The Balaban J connectivity index is 1.97. The van der Waals surface area contributed by atoms with Gasteiger partial charge in [-0.05, 0) is 61.0 Å². The molecular weight excluding hydrogens is 252 g/mol. The smallest absolute Gasteiger partial charge is 0.118 e. The van der Waals surface area contributed by atoms with Gasteiger partial charge in [-0.3, -0.25) is 0 Å². The van der Waals surface area contributed by atoms with Gasteiger partial charge in [0.25, 0.3) is 0 Å². The van der Waals surface area contributed by atoms with E-state index in [1.54, 1.807) is 22.9 Å². The second kappa shape index (κ2) is 4.74. The number of phenols is 2. The van der Waals surface area contributed by atoms with Crippen molar-refractivity contribution < 1.29 is 10.2 Å². The Morgan fingerprint density at radius 3 is 2.40 bits per heavy atom. The van der Waals surface area contributed by atoms with Gasteiger partial charge in [-0.25, -0.2) is 4.68 Å². The number of aromatic hydroxyl groups is 2. The standard InChI is InChI=1S/C16H14N2O2/c1-11-10-13(4-7-16(11)20)18-9-8-15(17-18)12-2-5-14(19)6-3-12/h2-10,19-20H,1H3. The summed E-state index contributed by atoms with van der Waals surface area (Å²) in [7, 11) is 0. The van der Waals surface area contributed by atoms with Crippen molar-refractivity contribution in [2.75, 3.05) is 0 Å². The first-order valence-corrected chi connectivity index (χ1v) is 6.28. The lowest BCUT2D eigenvalue weighted by Crippen LogP contribution is -1.95. The third-order valence-electron chi connectivity index (χ3n) is 3.20. The zero-order valence-corrected chi connectivity index (χ0v) is 11.0. The lowest BCUT2D eigenvalue weighted by atomic mass is 10.1.